The van der Waals surface area contributed by atoms with Crippen LogP contribution in [0.5, 0.6) is 0 Å². The zero-order valence-electron chi connectivity index (χ0n) is 9.68. The molecule has 0 unspecified atom stereocenters. The van der Waals surface area contributed by atoms with Gasteiger partial charge in [-0.25, -0.2) is 0 Å². The predicted octanol–water partition coefficient (Wildman–Crippen LogP) is 0.627. The van der Waals surface area contributed by atoms with Crippen LogP contribution in [0.15, 0.2) is 0 Å². The number of amides is 2. The van der Waals surface area contributed by atoms with Gasteiger partial charge in [-0.2, -0.15) is 0 Å². The van der Waals surface area contributed by atoms with E-state index in [0.29, 0.717) is 6.42 Å². The maximum atomic E-state index is 11.6. The largest absolute Gasteiger partial charge is 0.358 e. The number of carbonyl (C=O) groups is 2. The topological polar surface area (TPSA) is 49.4 Å². The van der Waals surface area contributed by atoms with Crippen molar-refractivity contribution in [2.75, 3.05) is 20.6 Å². The quantitative estimate of drug-likeness (QED) is 0.726. The van der Waals surface area contributed by atoms with Gasteiger partial charge in [0, 0.05) is 20.5 Å². The van der Waals surface area contributed by atoms with Crippen LogP contribution < -0.4 is 5.32 Å². The second kappa shape index (κ2) is 4.98. The summed E-state index contributed by atoms with van der Waals surface area (Å²) in [6, 6.07) is 0. The van der Waals surface area contributed by atoms with Crippen LogP contribution in [-0.4, -0.2) is 37.4 Å². The molecule has 0 aliphatic heterocycles. The Morgan fingerprint density at radius 1 is 1.29 bits per heavy atom. The van der Waals surface area contributed by atoms with E-state index in [2.05, 4.69) is 5.32 Å². The van der Waals surface area contributed by atoms with Gasteiger partial charge in [-0.1, -0.05) is 20.8 Å². The van der Waals surface area contributed by atoms with Gasteiger partial charge < -0.3 is 10.2 Å². The zero-order chi connectivity index (χ0) is 11.4. The Hall–Kier alpha value is -1.06. The molecule has 0 fully saturated rings. The Morgan fingerprint density at radius 3 is 2.14 bits per heavy atom. The second-order valence-corrected chi connectivity index (χ2v) is 4.66. The Bertz CT molecular complexity index is 219. The highest BCUT2D eigenvalue weighted by atomic mass is 16.2. The van der Waals surface area contributed by atoms with Gasteiger partial charge in [-0.3, -0.25) is 9.59 Å². The molecule has 0 aliphatic carbocycles. The molecular formula is C10H20N2O2. The summed E-state index contributed by atoms with van der Waals surface area (Å²) >= 11 is 0. The molecular weight excluding hydrogens is 180 g/mol. The third-order valence-corrected chi connectivity index (χ3v) is 1.77. The van der Waals surface area contributed by atoms with E-state index < -0.39 is 0 Å². The monoisotopic (exact) mass is 200 g/mol. The lowest BCUT2D eigenvalue weighted by Crippen LogP contribution is -2.38. The summed E-state index contributed by atoms with van der Waals surface area (Å²) in [5, 5.41) is 2.48. The van der Waals surface area contributed by atoms with E-state index in [1.807, 2.05) is 20.8 Å². The Labute approximate surface area is 85.7 Å². The third kappa shape index (κ3) is 5.56. The van der Waals surface area contributed by atoms with Crippen LogP contribution in [0.1, 0.15) is 27.2 Å². The van der Waals surface area contributed by atoms with Crippen LogP contribution in [-0.2, 0) is 9.59 Å². The first kappa shape index (κ1) is 12.9. The summed E-state index contributed by atoms with van der Waals surface area (Å²) < 4.78 is 0. The maximum Gasteiger partial charge on any atom is 0.239 e. The molecule has 14 heavy (non-hydrogen) atoms. The molecule has 0 saturated heterocycles. The van der Waals surface area contributed by atoms with Gasteiger partial charge in [-0.15, -0.1) is 0 Å². The van der Waals surface area contributed by atoms with E-state index in [-0.39, 0.29) is 23.8 Å². The molecule has 0 heterocycles. The molecule has 0 aromatic rings. The average Bonchev–Trinajstić information content (AvgIpc) is 2.00. The van der Waals surface area contributed by atoms with Crippen molar-refractivity contribution < 1.29 is 9.59 Å². The van der Waals surface area contributed by atoms with Crippen molar-refractivity contribution in [3.8, 4) is 0 Å². The van der Waals surface area contributed by atoms with Crippen LogP contribution in [0.3, 0.4) is 0 Å². The van der Waals surface area contributed by atoms with Crippen molar-refractivity contribution in [2.45, 2.75) is 27.2 Å². The Morgan fingerprint density at radius 2 is 1.79 bits per heavy atom. The van der Waals surface area contributed by atoms with E-state index in [0.717, 1.165) is 0 Å². The lowest BCUT2D eigenvalue weighted by Gasteiger charge is -2.22. The van der Waals surface area contributed by atoms with Crippen LogP contribution in [0.4, 0.5) is 0 Å². The molecule has 0 saturated carbocycles. The number of carbonyl (C=O) groups excluding carboxylic acids is 2. The molecule has 82 valence electrons. The van der Waals surface area contributed by atoms with Gasteiger partial charge in [0.2, 0.25) is 11.8 Å². The fraction of sp³-hybridized carbons (Fsp3) is 0.800. The van der Waals surface area contributed by atoms with Crippen LogP contribution in [0.25, 0.3) is 0 Å². The van der Waals surface area contributed by atoms with E-state index >= 15 is 0 Å². The molecule has 0 radical (unpaired) electrons. The molecule has 0 spiro atoms. The number of nitrogens with zero attached hydrogens (tertiary/aromatic N) is 1. The maximum absolute atomic E-state index is 11.6. The van der Waals surface area contributed by atoms with E-state index in [9.17, 15) is 9.59 Å². The van der Waals surface area contributed by atoms with Gasteiger partial charge in [0.1, 0.15) is 0 Å². The normalized spacial score (nSPS) is 10.9. The average molecular weight is 200 g/mol. The summed E-state index contributed by atoms with van der Waals surface area (Å²) in [4.78, 5) is 24.0. The minimum atomic E-state index is -0.144. The lowest BCUT2D eigenvalue weighted by atomic mass is 9.92. The molecule has 0 bridgehead atoms. The van der Waals surface area contributed by atoms with E-state index in [1.165, 1.54) is 4.90 Å². The molecule has 0 rings (SSSR count). The molecule has 4 heteroatoms. The minimum Gasteiger partial charge on any atom is -0.358 e. The summed E-state index contributed by atoms with van der Waals surface area (Å²) in [6.07, 6.45) is 0.459. The molecule has 2 amide bonds. The summed E-state index contributed by atoms with van der Waals surface area (Å²) in [5.74, 6) is -0.143. The second-order valence-electron chi connectivity index (χ2n) is 4.66. The van der Waals surface area contributed by atoms with Gasteiger partial charge in [0.05, 0.1) is 6.54 Å². The number of likely N-dealkylation sites (N-methyl/N-ethyl adjacent to an activating group) is 2. The summed E-state index contributed by atoms with van der Waals surface area (Å²) in [6.45, 7) is 6.13. The molecule has 0 aliphatic rings. The van der Waals surface area contributed by atoms with Crippen molar-refractivity contribution >= 4 is 11.8 Å². The van der Waals surface area contributed by atoms with Crippen molar-refractivity contribution in [1.82, 2.24) is 10.2 Å². The highest BCUT2D eigenvalue weighted by molar-refractivity contribution is 5.84. The zero-order valence-corrected chi connectivity index (χ0v) is 9.68. The Balaban J connectivity index is 4.07. The van der Waals surface area contributed by atoms with Crippen LogP contribution >= 0.6 is 0 Å². The number of nitrogens with one attached hydrogen (secondary N) is 1. The van der Waals surface area contributed by atoms with E-state index in [1.54, 1.807) is 14.1 Å². The van der Waals surface area contributed by atoms with Gasteiger partial charge >= 0.3 is 0 Å². The predicted molar refractivity (Wildman–Crippen MR) is 55.8 cm³/mol. The number of hydrogen-bond acceptors (Lipinski definition) is 2. The molecule has 4 nitrogen and oxygen atoms in total. The first-order valence-corrected chi connectivity index (χ1v) is 4.71. The highest BCUT2D eigenvalue weighted by Crippen LogP contribution is 2.19. The summed E-state index contributed by atoms with van der Waals surface area (Å²) in [7, 11) is 3.20. The van der Waals surface area contributed by atoms with Gasteiger partial charge in [-0.05, 0) is 5.41 Å². The fourth-order valence-corrected chi connectivity index (χ4v) is 0.971. The summed E-state index contributed by atoms with van der Waals surface area (Å²) in [5.41, 5.74) is -0.0337. The SMILES string of the molecule is CNC(=O)CN(C)C(=O)CC(C)(C)C. The standard InChI is InChI=1S/C10H20N2O2/c1-10(2,3)6-9(14)12(5)7-8(13)11-4/h6-7H2,1-5H3,(H,11,13). The lowest BCUT2D eigenvalue weighted by molar-refractivity contribution is -0.136. The Kier molecular flexibility index (Phi) is 4.60. The van der Waals surface area contributed by atoms with Gasteiger partial charge in [0.25, 0.3) is 0 Å². The number of rotatable bonds is 3. The minimum absolute atomic E-state index is 0.00102. The number of hydrogen-bond donors (Lipinski definition) is 1. The molecule has 0 aromatic carbocycles. The molecule has 0 aromatic heterocycles. The van der Waals surface area contributed by atoms with Crippen molar-refractivity contribution in [2.24, 2.45) is 5.41 Å². The first-order chi connectivity index (χ1) is 6.26. The highest BCUT2D eigenvalue weighted by Gasteiger charge is 2.19. The van der Waals surface area contributed by atoms with E-state index in [4.69, 9.17) is 0 Å². The van der Waals surface area contributed by atoms with Gasteiger partial charge in [0.15, 0.2) is 0 Å². The molecule has 0 atom stereocenters. The van der Waals surface area contributed by atoms with Crippen molar-refractivity contribution in [3.05, 3.63) is 0 Å². The smallest absolute Gasteiger partial charge is 0.239 e. The van der Waals surface area contributed by atoms with Crippen LogP contribution in [0.2, 0.25) is 0 Å². The third-order valence-electron chi connectivity index (χ3n) is 1.77. The molecule has 1 N–H and O–H groups in total. The fourth-order valence-electron chi connectivity index (χ4n) is 0.971. The first-order valence-electron chi connectivity index (χ1n) is 4.71. The van der Waals surface area contributed by atoms with Crippen molar-refractivity contribution in [3.63, 3.8) is 0 Å². The van der Waals surface area contributed by atoms with Crippen molar-refractivity contribution in [1.29, 1.82) is 0 Å². The van der Waals surface area contributed by atoms with Crippen LogP contribution in [0, 0.1) is 5.41 Å².